The predicted octanol–water partition coefficient (Wildman–Crippen LogP) is 0.509. The lowest BCUT2D eigenvalue weighted by atomic mass is 10.00. The van der Waals surface area contributed by atoms with Gasteiger partial charge in [-0.3, -0.25) is 14.5 Å². The summed E-state index contributed by atoms with van der Waals surface area (Å²) in [6.07, 6.45) is 3.50. The minimum atomic E-state index is -0.0272. The van der Waals surface area contributed by atoms with Crippen LogP contribution >= 0.6 is 0 Å². The average Bonchev–Trinajstić information content (AvgIpc) is 2.72. The molecule has 2 N–H and O–H groups in total. The van der Waals surface area contributed by atoms with Crippen LogP contribution in [0, 0.1) is 11.8 Å². The van der Waals surface area contributed by atoms with Crippen molar-refractivity contribution in [3.05, 3.63) is 0 Å². The first-order valence-corrected chi connectivity index (χ1v) is 5.73. The van der Waals surface area contributed by atoms with E-state index in [4.69, 9.17) is 5.73 Å². The van der Waals surface area contributed by atoms with Gasteiger partial charge in [0.05, 0.1) is 11.8 Å². The van der Waals surface area contributed by atoms with Crippen molar-refractivity contribution < 1.29 is 9.59 Å². The van der Waals surface area contributed by atoms with Gasteiger partial charge in [-0.15, -0.1) is 0 Å². The van der Waals surface area contributed by atoms with Gasteiger partial charge in [0.25, 0.3) is 0 Å². The van der Waals surface area contributed by atoms with E-state index in [-0.39, 0.29) is 29.7 Å². The topological polar surface area (TPSA) is 63.4 Å². The van der Waals surface area contributed by atoms with Crippen molar-refractivity contribution in [2.75, 3.05) is 6.54 Å². The van der Waals surface area contributed by atoms with Gasteiger partial charge in [0.2, 0.25) is 11.8 Å². The van der Waals surface area contributed by atoms with E-state index in [0.717, 1.165) is 19.3 Å². The lowest BCUT2D eigenvalue weighted by molar-refractivity contribution is -0.142. The molecule has 0 spiro atoms. The smallest absolute Gasteiger partial charge is 0.233 e. The highest BCUT2D eigenvalue weighted by atomic mass is 16.2. The maximum Gasteiger partial charge on any atom is 0.233 e. The Balaban J connectivity index is 2.14. The van der Waals surface area contributed by atoms with E-state index >= 15 is 0 Å². The number of hydrogen-bond donors (Lipinski definition) is 1. The Morgan fingerprint density at radius 1 is 1.33 bits per heavy atom. The Kier molecular flexibility index (Phi) is 2.78. The fraction of sp³-hybridized carbons (Fsp3) is 0.818. The van der Waals surface area contributed by atoms with E-state index in [1.54, 1.807) is 0 Å². The van der Waals surface area contributed by atoms with Crippen LogP contribution in [0.5, 0.6) is 0 Å². The number of nitrogens with two attached hydrogens (primary N) is 1. The zero-order valence-electron chi connectivity index (χ0n) is 9.11. The second kappa shape index (κ2) is 3.93. The molecule has 0 aromatic rings. The second-order valence-electron chi connectivity index (χ2n) is 4.62. The van der Waals surface area contributed by atoms with Crippen molar-refractivity contribution in [2.24, 2.45) is 17.6 Å². The monoisotopic (exact) mass is 210 g/mol. The fourth-order valence-electron chi connectivity index (χ4n) is 2.82. The zero-order valence-corrected chi connectivity index (χ0v) is 9.11. The van der Waals surface area contributed by atoms with Crippen molar-refractivity contribution in [1.29, 1.82) is 0 Å². The highest BCUT2D eigenvalue weighted by Gasteiger charge is 2.50. The SMILES string of the molecule is CC(CCN)N1C(=O)C2CCCC2C1=O. The molecule has 1 saturated carbocycles. The minimum absolute atomic E-state index is 0.0160. The van der Waals surface area contributed by atoms with Crippen molar-refractivity contribution >= 4 is 11.8 Å². The van der Waals surface area contributed by atoms with Gasteiger partial charge in [0.15, 0.2) is 0 Å². The summed E-state index contributed by atoms with van der Waals surface area (Å²) in [6.45, 7) is 2.43. The molecule has 4 heteroatoms. The van der Waals surface area contributed by atoms with Crippen molar-refractivity contribution in [2.45, 2.75) is 38.6 Å². The van der Waals surface area contributed by atoms with Crippen molar-refractivity contribution in [3.63, 3.8) is 0 Å². The summed E-state index contributed by atoms with van der Waals surface area (Å²) >= 11 is 0. The van der Waals surface area contributed by atoms with E-state index in [1.165, 1.54) is 4.90 Å². The summed E-state index contributed by atoms with van der Waals surface area (Å²) in [5.41, 5.74) is 5.45. The van der Waals surface area contributed by atoms with Crippen LogP contribution in [0.1, 0.15) is 32.6 Å². The van der Waals surface area contributed by atoms with Gasteiger partial charge in [0.1, 0.15) is 0 Å². The molecule has 1 aliphatic heterocycles. The molecule has 0 radical (unpaired) electrons. The minimum Gasteiger partial charge on any atom is -0.330 e. The molecule has 0 aromatic carbocycles. The number of rotatable bonds is 3. The summed E-state index contributed by atoms with van der Waals surface area (Å²) in [5.74, 6) is 0.0577. The average molecular weight is 210 g/mol. The Bertz CT molecular complexity index is 268. The van der Waals surface area contributed by atoms with Crippen molar-refractivity contribution in [1.82, 2.24) is 4.90 Å². The molecular formula is C11H18N2O2. The Hall–Kier alpha value is -0.900. The van der Waals surface area contributed by atoms with Crippen LogP contribution in [0.25, 0.3) is 0 Å². The summed E-state index contributed by atoms with van der Waals surface area (Å²) < 4.78 is 0. The number of fused-ring (bicyclic) bond motifs is 1. The van der Waals surface area contributed by atoms with Gasteiger partial charge in [-0.25, -0.2) is 0 Å². The summed E-state index contributed by atoms with van der Waals surface area (Å²) in [5, 5.41) is 0. The van der Waals surface area contributed by atoms with Gasteiger partial charge in [-0.1, -0.05) is 6.42 Å². The van der Waals surface area contributed by atoms with Crippen LogP contribution in [0.15, 0.2) is 0 Å². The number of amides is 2. The van der Waals surface area contributed by atoms with Gasteiger partial charge in [-0.05, 0) is 32.7 Å². The summed E-state index contributed by atoms with van der Waals surface area (Å²) in [6, 6.07) is -0.0272. The molecule has 2 amide bonds. The molecule has 2 fully saturated rings. The third-order valence-electron chi connectivity index (χ3n) is 3.65. The van der Waals surface area contributed by atoms with Crippen LogP contribution in [-0.4, -0.2) is 29.3 Å². The van der Waals surface area contributed by atoms with E-state index < -0.39 is 0 Å². The molecule has 2 rings (SSSR count). The van der Waals surface area contributed by atoms with Crippen LogP contribution in [0.4, 0.5) is 0 Å². The number of carbonyl (C=O) groups excluding carboxylic acids is 2. The number of hydrogen-bond acceptors (Lipinski definition) is 3. The molecule has 0 bridgehead atoms. The highest BCUT2D eigenvalue weighted by molar-refractivity contribution is 6.05. The van der Waals surface area contributed by atoms with Crippen LogP contribution in [0.3, 0.4) is 0 Å². The van der Waals surface area contributed by atoms with Crippen LogP contribution in [-0.2, 0) is 9.59 Å². The Morgan fingerprint density at radius 2 is 1.87 bits per heavy atom. The van der Waals surface area contributed by atoms with E-state index in [2.05, 4.69) is 0 Å². The molecule has 1 saturated heterocycles. The standard InChI is InChI=1S/C11H18N2O2/c1-7(5-6-12)13-10(14)8-3-2-4-9(8)11(13)15/h7-9H,2-6,12H2,1H3. The first kappa shape index (κ1) is 10.6. The molecule has 15 heavy (non-hydrogen) atoms. The molecule has 0 aromatic heterocycles. The maximum absolute atomic E-state index is 12.0. The zero-order chi connectivity index (χ0) is 11.0. The fourth-order valence-corrected chi connectivity index (χ4v) is 2.82. The summed E-state index contributed by atoms with van der Waals surface area (Å²) in [7, 11) is 0. The first-order valence-electron chi connectivity index (χ1n) is 5.73. The maximum atomic E-state index is 12.0. The Morgan fingerprint density at radius 3 is 2.33 bits per heavy atom. The quantitative estimate of drug-likeness (QED) is 0.690. The Labute approximate surface area is 89.8 Å². The molecule has 4 nitrogen and oxygen atoms in total. The lowest BCUT2D eigenvalue weighted by Gasteiger charge is -2.23. The van der Waals surface area contributed by atoms with Gasteiger partial charge < -0.3 is 5.73 Å². The third kappa shape index (κ3) is 1.57. The molecular weight excluding hydrogens is 192 g/mol. The van der Waals surface area contributed by atoms with Gasteiger partial charge >= 0.3 is 0 Å². The molecule has 2 aliphatic rings. The number of imide groups is 1. The third-order valence-corrected chi connectivity index (χ3v) is 3.65. The predicted molar refractivity (Wildman–Crippen MR) is 55.8 cm³/mol. The van der Waals surface area contributed by atoms with E-state index in [9.17, 15) is 9.59 Å². The number of carbonyl (C=O) groups is 2. The summed E-state index contributed by atoms with van der Waals surface area (Å²) in [4.78, 5) is 25.4. The lowest BCUT2D eigenvalue weighted by Crippen LogP contribution is -2.40. The second-order valence-corrected chi connectivity index (χ2v) is 4.62. The molecule has 3 atom stereocenters. The largest absolute Gasteiger partial charge is 0.330 e. The van der Waals surface area contributed by atoms with Gasteiger partial charge in [0, 0.05) is 6.04 Å². The molecule has 1 heterocycles. The molecule has 3 unspecified atom stereocenters. The van der Waals surface area contributed by atoms with E-state index in [0.29, 0.717) is 13.0 Å². The highest BCUT2D eigenvalue weighted by Crippen LogP contribution is 2.40. The number of nitrogens with zero attached hydrogens (tertiary/aromatic N) is 1. The van der Waals surface area contributed by atoms with Gasteiger partial charge in [-0.2, -0.15) is 0 Å². The van der Waals surface area contributed by atoms with Crippen molar-refractivity contribution in [3.8, 4) is 0 Å². The van der Waals surface area contributed by atoms with Crippen LogP contribution < -0.4 is 5.73 Å². The molecule has 1 aliphatic carbocycles. The normalized spacial score (nSPS) is 32.3. The van der Waals surface area contributed by atoms with Crippen LogP contribution in [0.2, 0.25) is 0 Å². The van der Waals surface area contributed by atoms with E-state index in [1.807, 2.05) is 6.92 Å². The first-order chi connectivity index (χ1) is 7.16. The molecule has 84 valence electrons. The number of likely N-dealkylation sites (tertiary alicyclic amines) is 1.